The summed E-state index contributed by atoms with van der Waals surface area (Å²) in [6.07, 6.45) is -4.37. The van der Waals surface area contributed by atoms with Crippen LogP contribution in [0.4, 0.5) is 13.2 Å². The number of ether oxygens (including phenoxy) is 3. The Balaban J connectivity index is 3.09. The molecule has 0 amide bonds. The first-order valence-electron chi connectivity index (χ1n) is 4.73. The van der Waals surface area contributed by atoms with E-state index in [2.05, 4.69) is 0 Å². The second-order valence-electron chi connectivity index (χ2n) is 3.24. The fourth-order valence-corrected chi connectivity index (χ4v) is 1.47. The van der Waals surface area contributed by atoms with Crippen LogP contribution in [0.5, 0.6) is 0 Å². The molecule has 1 rings (SSSR count). The van der Waals surface area contributed by atoms with Gasteiger partial charge in [0.1, 0.15) is 0 Å². The van der Waals surface area contributed by atoms with Gasteiger partial charge in [-0.25, -0.2) is 0 Å². The van der Waals surface area contributed by atoms with Crippen molar-refractivity contribution in [1.29, 1.82) is 0 Å². The average molecular weight is 250 g/mol. The Morgan fingerprint density at radius 1 is 0.765 bits per heavy atom. The summed E-state index contributed by atoms with van der Waals surface area (Å²) in [4.78, 5) is 0. The van der Waals surface area contributed by atoms with Crippen LogP contribution < -0.4 is 0 Å². The van der Waals surface area contributed by atoms with Crippen molar-refractivity contribution >= 4 is 0 Å². The average Bonchev–Trinajstić information content (AvgIpc) is 2.32. The molecule has 0 saturated carbocycles. The highest BCUT2D eigenvalue weighted by Crippen LogP contribution is 2.32. The van der Waals surface area contributed by atoms with Crippen molar-refractivity contribution in [3.05, 3.63) is 35.4 Å². The molecule has 0 atom stereocenters. The van der Waals surface area contributed by atoms with Gasteiger partial charge in [0, 0.05) is 26.9 Å². The molecule has 1 aromatic rings. The van der Waals surface area contributed by atoms with Crippen LogP contribution in [-0.4, -0.2) is 21.3 Å². The molecule has 0 spiro atoms. The molecule has 0 N–H and O–H groups in total. The zero-order valence-electron chi connectivity index (χ0n) is 9.67. The van der Waals surface area contributed by atoms with Crippen molar-refractivity contribution in [3.8, 4) is 0 Å². The highest BCUT2D eigenvalue weighted by atomic mass is 19.4. The van der Waals surface area contributed by atoms with Crippen molar-refractivity contribution in [1.82, 2.24) is 0 Å². The summed E-state index contributed by atoms with van der Waals surface area (Å²) in [6, 6.07) is 4.39. The lowest BCUT2D eigenvalue weighted by molar-refractivity contribution is -0.364. The maximum atomic E-state index is 12.4. The highest BCUT2D eigenvalue weighted by molar-refractivity contribution is 5.26. The predicted octanol–water partition coefficient (Wildman–Crippen LogP) is 2.75. The van der Waals surface area contributed by atoms with Gasteiger partial charge in [-0.3, -0.25) is 0 Å². The number of halogens is 3. The Kier molecular flexibility index (Phi) is 4.13. The van der Waals surface area contributed by atoms with Gasteiger partial charge in [0.05, 0.1) is 5.56 Å². The molecule has 0 bridgehead atoms. The third kappa shape index (κ3) is 2.77. The van der Waals surface area contributed by atoms with Crippen LogP contribution >= 0.6 is 0 Å². The first-order chi connectivity index (χ1) is 7.89. The molecule has 0 saturated heterocycles. The zero-order valence-corrected chi connectivity index (χ0v) is 9.67. The molecule has 0 heterocycles. The molecule has 0 unspecified atom stereocenters. The lowest BCUT2D eigenvalue weighted by Crippen LogP contribution is -2.32. The molecular formula is C11H13F3O3. The minimum atomic E-state index is -4.37. The summed E-state index contributed by atoms with van der Waals surface area (Å²) >= 11 is 0. The normalized spacial score (nSPS) is 12.8. The Morgan fingerprint density at radius 3 is 1.41 bits per heavy atom. The maximum Gasteiger partial charge on any atom is 0.416 e. The van der Waals surface area contributed by atoms with Gasteiger partial charge in [-0.15, -0.1) is 0 Å². The van der Waals surface area contributed by atoms with E-state index in [1.165, 1.54) is 33.5 Å². The molecule has 0 aliphatic rings. The Hall–Kier alpha value is -1.11. The van der Waals surface area contributed by atoms with Crippen LogP contribution in [0, 0.1) is 0 Å². The fraction of sp³-hybridized carbons (Fsp3) is 0.455. The monoisotopic (exact) mass is 250 g/mol. The largest absolute Gasteiger partial charge is 0.416 e. The summed E-state index contributed by atoms with van der Waals surface area (Å²) in [6.45, 7) is 0. The van der Waals surface area contributed by atoms with Crippen LogP contribution in [0.3, 0.4) is 0 Å². The van der Waals surface area contributed by atoms with Crippen LogP contribution in [0.25, 0.3) is 0 Å². The molecule has 0 aliphatic heterocycles. The fourth-order valence-electron chi connectivity index (χ4n) is 1.47. The molecule has 6 heteroatoms. The predicted molar refractivity (Wildman–Crippen MR) is 54.1 cm³/mol. The first-order valence-corrected chi connectivity index (χ1v) is 4.73. The van der Waals surface area contributed by atoms with E-state index < -0.39 is 17.7 Å². The molecular weight excluding hydrogens is 237 g/mol. The van der Waals surface area contributed by atoms with Gasteiger partial charge < -0.3 is 14.2 Å². The van der Waals surface area contributed by atoms with Crippen LogP contribution in [0.1, 0.15) is 11.1 Å². The van der Waals surface area contributed by atoms with Crippen molar-refractivity contribution < 1.29 is 27.4 Å². The van der Waals surface area contributed by atoms with E-state index in [0.717, 1.165) is 12.1 Å². The molecule has 0 aromatic heterocycles. The van der Waals surface area contributed by atoms with E-state index in [9.17, 15) is 13.2 Å². The van der Waals surface area contributed by atoms with Gasteiger partial charge in [0.25, 0.3) is 0 Å². The summed E-state index contributed by atoms with van der Waals surface area (Å²) in [5.74, 6) is -1.48. The first kappa shape index (κ1) is 14.0. The van der Waals surface area contributed by atoms with E-state index in [-0.39, 0.29) is 0 Å². The zero-order chi connectivity index (χ0) is 13.1. The number of hydrogen-bond donors (Lipinski definition) is 0. The van der Waals surface area contributed by atoms with E-state index in [1.54, 1.807) is 0 Å². The Morgan fingerprint density at radius 2 is 1.12 bits per heavy atom. The van der Waals surface area contributed by atoms with Gasteiger partial charge in [-0.2, -0.15) is 13.2 Å². The summed E-state index contributed by atoms with van der Waals surface area (Å²) < 4.78 is 52.2. The lowest BCUT2D eigenvalue weighted by atomic mass is 10.1. The highest BCUT2D eigenvalue weighted by Gasteiger charge is 2.35. The van der Waals surface area contributed by atoms with Crippen molar-refractivity contribution in [2.75, 3.05) is 21.3 Å². The van der Waals surface area contributed by atoms with Crippen molar-refractivity contribution in [2.45, 2.75) is 12.1 Å². The number of alkyl halides is 3. The molecule has 0 radical (unpaired) electrons. The van der Waals surface area contributed by atoms with Crippen LogP contribution in [0.15, 0.2) is 24.3 Å². The molecule has 1 aromatic carbocycles. The number of hydrogen-bond acceptors (Lipinski definition) is 3. The standard InChI is InChI=1S/C11H13F3O3/c1-15-11(16-2,17-3)9-6-4-8(5-7-9)10(12,13)14/h4-7H,1-3H3. The van der Waals surface area contributed by atoms with Gasteiger partial charge in [-0.1, -0.05) is 12.1 Å². The van der Waals surface area contributed by atoms with Gasteiger partial charge in [0.15, 0.2) is 0 Å². The van der Waals surface area contributed by atoms with E-state index in [0.29, 0.717) is 5.56 Å². The number of benzene rings is 1. The third-order valence-electron chi connectivity index (χ3n) is 2.37. The minimum Gasteiger partial charge on any atom is -0.327 e. The molecule has 0 aliphatic carbocycles. The molecule has 17 heavy (non-hydrogen) atoms. The minimum absolute atomic E-state index is 0.345. The van der Waals surface area contributed by atoms with Crippen LogP contribution in [0.2, 0.25) is 0 Å². The van der Waals surface area contributed by atoms with Gasteiger partial charge in [0.2, 0.25) is 0 Å². The smallest absolute Gasteiger partial charge is 0.327 e. The summed E-state index contributed by atoms with van der Waals surface area (Å²) in [5.41, 5.74) is -0.392. The quantitative estimate of drug-likeness (QED) is 0.769. The number of rotatable bonds is 4. The Labute approximate surface area is 97.1 Å². The van der Waals surface area contributed by atoms with E-state index >= 15 is 0 Å². The summed E-state index contributed by atoms with van der Waals surface area (Å²) in [7, 11) is 4.01. The summed E-state index contributed by atoms with van der Waals surface area (Å²) in [5, 5.41) is 0. The second-order valence-corrected chi connectivity index (χ2v) is 3.24. The SMILES string of the molecule is COC(OC)(OC)c1ccc(C(F)(F)F)cc1. The molecule has 96 valence electrons. The van der Waals surface area contributed by atoms with E-state index in [1.807, 2.05) is 0 Å². The van der Waals surface area contributed by atoms with Gasteiger partial charge in [-0.05, 0) is 12.1 Å². The third-order valence-corrected chi connectivity index (χ3v) is 2.37. The van der Waals surface area contributed by atoms with Gasteiger partial charge >= 0.3 is 12.1 Å². The Bertz CT molecular complexity index is 347. The topological polar surface area (TPSA) is 27.7 Å². The molecule has 0 fully saturated rings. The number of methoxy groups -OCH3 is 3. The second kappa shape index (κ2) is 5.03. The molecule has 3 nitrogen and oxygen atoms in total. The van der Waals surface area contributed by atoms with Crippen molar-refractivity contribution in [2.24, 2.45) is 0 Å². The maximum absolute atomic E-state index is 12.4. The van der Waals surface area contributed by atoms with Crippen molar-refractivity contribution in [3.63, 3.8) is 0 Å². The van der Waals surface area contributed by atoms with Crippen LogP contribution in [-0.2, 0) is 26.4 Å². The lowest BCUT2D eigenvalue weighted by Gasteiger charge is -2.29. The van der Waals surface area contributed by atoms with E-state index in [4.69, 9.17) is 14.2 Å².